The van der Waals surface area contributed by atoms with Gasteiger partial charge in [-0.05, 0) is 25.0 Å². The molecular formula is C9H11FN2O. The monoisotopic (exact) mass is 182 g/mol. The summed E-state index contributed by atoms with van der Waals surface area (Å²) in [6, 6.07) is 0. The molecule has 0 radical (unpaired) electrons. The zero-order valence-electron chi connectivity index (χ0n) is 7.48. The second kappa shape index (κ2) is 3.05. The Morgan fingerprint density at radius 1 is 1.38 bits per heavy atom. The Balaban J connectivity index is 3.66. The first-order valence-corrected chi connectivity index (χ1v) is 3.78. The highest BCUT2D eigenvalue weighted by Gasteiger charge is 2.15. The molecular weight excluding hydrogens is 171 g/mol. The average molecular weight is 182 g/mol. The molecule has 0 aliphatic heterocycles. The lowest BCUT2D eigenvalue weighted by atomic mass is 10.0. The van der Waals surface area contributed by atoms with Gasteiger partial charge < -0.3 is 16.2 Å². The number of anilines is 1. The van der Waals surface area contributed by atoms with Gasteiger partial charge in [-0.15, -0.1) is 0 Å². The molecule has 0 atom stereocenters. The Hall–Kier alpha value is -1.58. The van der Waals surface area contributed by atoms with E-state index >= 15 is 0 Å². The van der Waals surface area contributed by atoms with Crippen LogP contribution < -0.4 is 5.73 Å². The highest BCUT2D eigenvalue weighted by Crippen LogP contribution is 2.31. The van der Waals surface area contributed by atoms with Gasteiger partial charge in [0.05, 0.1) is 5.56 Å². The Kier molecular flexibility index (Phi) is 2.23. The number of hydrogen-bond acceptors (Lipinski definition) is 3. The Bertz CT molecular complexity index is 345. The van der Waals surface area contributed by atoms with E-state index in [9.17, 15) is 9.50 Å². The van der Waals surface area contributed by atoms with E-state index in [0.717, 1.165) is 6.21 Å². The number of nitrogens with two attached hydrogens (primary N) is 1. The minimum absolute atomic E-state index is 0.0422. The van der Waals surface area contributed by atoms with E-state index < -0.39 is 11.6 Å². The maximum absolute atomic E-state index is 13.2. The highest BCUT2D eigenvalue weighted by atomic mass is 19.1. The summed E-state index contributed by atoms with van der Waals surface area (Å²) in [5, 5.41) is 16.2. The summed E-state index contributed by atoms with van der Waals surface area (Å²) in [5.74, 6) is -1.25. The zero-order chi connectivity index (χ0) is 10.2. The van der Waals surface area contributed by atoms with Crippen LogP contribution in [-0.4, -0.2) is 11.3 Å². The van der Waals surface area contributed by atoms with Crippen molar-refractivity contribution >= 4 is 11.9 Å². The van der Waals surface area contributed by atoms with E-state index in [0.29, 0.717) is 11.1 Å². The predicted molar refractivity (Wildman–Crippen MR) is 49.8 cm³/mol. The van der Waals surface area contributed by atoms with Crippen molar-refractivity contribution in [1.29, 1.82) is 5.41 Å². The van der Waals surface area contributed by atoms with Crippen molar-refractivity contribution < 1.29 is 9.50 Å². The molecule has 1 rings (SSSR count). The maximum atomic E-state index is 13.2. The lowest BCUT2D eigenvalue weighted by Gasteiger charge is -2.11. The van der Waals surface area contributed by atoms with Gasteiger partial charge in [0, 0.05) is 11.9 Å². The van der Waals surface area contributed by atoms with Gasteiger partial charge in [-0.25, -0.2) is 4.39 Å². The van der Waals surface area contributed by atoms with Crippen molar-refractivity contribution in [2.24, 2.45) is 0 Å². The van der Waals surface area contributed by atoms with Gasteiger partial charge in [0.1, 0.15) is 0 Å². The van der Waals surface area contributed by atoms with E-state index in [2.05, 4.69) is 0 Å². The second-order valence-electron chi connectivity index (χ2n) is 2.88. The molecule has 3 nitrogen and oxygen atoms in total. The standard InChI is InChI=1S/C9H11FN2O/c1-4-5(2)8(12)6(3-11)9(13)7(4)10/h3,11,13H,12H2,1-2H3. The van der Waals surface area contributed by atoms with Crippen LogP contribution in [0.15, 0.2) is 0 Å². The number of halogens is 1. The van der Waals surface area contributed by atoms with Gasteiger partial charge in [0.2, 0.25) is 0 Å². The van der Waals surface area contributed by atoms with Gasteiger partial charge in [-0.2, -0.15) is 0 Å². The predicted octanol–water partition coefficient (Wildman–Crippen LogP) is 1.73. The van der Waals surface area contributed by atoms with Crippen molar-refractivity contribution in [2.75, 3.05) is 5.73 Å². The number of phenolic OH excluding ortho intramolecular Hbond substituents is 1. The zero-order valence-corrected chi connectivity index (χ0v) is 7.48. The van der Waals surface area contributed by atoms with E-state index in [1.807, 2.05) is 0 Å². The normalized spacial score (nSPS) is 10.1. The smallest absolute Gasteiger partial charge is 0.168 e. The molecule has 4 heteroatoms. The molecule has 1 aromatic carbocycles. The van der Waals surface area contributed by atoms with Crippen molar-refractivity contribution in [3.8, 4) is 5.75 Å². The number of benzene rings is 1. The first-order chi connectivity index (χ1) is 6.00. The van der Waals surface area contributed by atoms with Gasteiger partial charge >= 0.3 is 0 Å². The molecule has 0 amide bonds. The van der Waals surface area contributed by atoms with E-state index in [-0.39, 0.29) is 11.3 Å². The van der Waals surface area contributed by atoms with Crippen LogP contribution in [0.1, 0.15) is 16.7 Å². The van der Waals surface area contributed by atoms with Gasteiger partial charge in [0.15, 0.2) is 11.6 Å². The molecule has 0 aliphatic rings. The summed E-state index contributed by atoms with van der Waals surface area (Å²) in [6.07, 6.45) is 0.847. The molecule has 0 aliphatic carbocycles. The van der Waals surface area contributed by atoms with Crippen LogP contribution in [0, 0.1) is 25.1 Å². The van der Waals surface area contributed by atoms with Crippen molar-refractivity contribution in [3.63, 3.8) is 0 Å². The van der Waals surface area contributed by atoms with Gasteiger partial charge in [-0.1, -0.05) is 0 Å². The topological polar surface area (TPSA) is 70.1 Å². The van der Waals surface area contributed by atoms with Gasteiger partial charge in [0.25, 0.3) is 0 Å². The molecule has 0 unspecified atom stereocenters. The summed E-state index contributed by atoms with van der Waals surface area (Å²) in [5.41, 5.74) is 6.77. The quantitative estimate of drug-likeness (QED) is 0.457. The molecule has 70 valence electrons. The molecule has 13 heavy (non-hydrogen) atoms. The molecule has 0 heterocycles. The van der Waals surface area contributed by atoms with E-state index in [4.69, 9.17) is 11.1 Å². The second-order valence-corrected chi connectivity index (χ2v) is 2.88. The fourth-order valence-corrected chi connectivity index (χ4v) is 1.14. The third-order valence-corrected chi connectivity index (χ3v) is 2.19. The molecule has 0 bridgehead atoms. The van der Waals surface area contributed by atoms with Crippen LogP contribution in [0.3, 0.4) is 0 Å². The Morgan fingerprint density at radius 3 is 2.38 bits per heavy atom. The van der Waals surface area contributed by atoms with Crippen LogP contribution in [0.25, 0.3) is 0 Å². The summed E-state index contributed by atoms with van der Waals surface area (Å²) < 4.78 is 13.2. The summed E-state index contributed by atoms with van der Waals surface area (Å²) in [6.45, 7) is 3.19. The number of rotatable bonds is 1. The third kappa shape index (κ3) is 1.24. The highest BCUT2D eigenvalue weighted by molar-refractivity contribution is 5.90. The Labute approximate surface area is 75.5 Å². The fourth-order valence-electron chi connectivity index (χ4n) is 1.14. The number of aromatic hydroxyl groups is 1. The van der Waals surface area contributed by atoms with Crippen LogP contribution >= 0.6 is 0 Å². The molecule has 0 fully saturated rings. The van der Waals surface area contributed by atoms with E-state index in [1.165, 1.54) is 6.92 Å². The van der Waals surface area contributed by atoms with Crippen molar-refractivity contribution in [3.05, 3.63) is 22.5 Å². The largest absolute Gasteiger partial charge is 0.504 e. The number of hydrogen-bond donors (Lipinski definition) is 3. The first kappa shape index (κ1) is 9.51. The van der Waals surface area contributed by atoms with Crippen LogP contribution in [-0.2, 0) is 0 Å². The number of phenols is 1. The fraction of sp³-hybridized carbons (Fsp3) is 0.222. The van der Waals surface area contributed by atoms with Crippen molar-refractivity contribution in [1.82, 2.24) is 0 Å². The molecule has 0 saturated carbocycles. The van der Waals surface area contributed by atoms with Gasteiger partial charge in [-0.3, -0.25) is 0 Å². The average Bonchev–Trinajstić information content (AvgIpc) is 2.13. The molecule has 1 aromatic rings. The first-order valence-electron chi connectivity index (χ1n) is 3.78. The molecule has 4 N–H and O–H groups in total. The SMILES string of the molecule is Cc1c(C)c(F)c(O)c(C=N)c1N. The summed E-state index contributed by atoms with van der Waals surface area (Å²) in [4.78, 5) is 0. The van der Waals surface area contributed by atoms with Crippen LogP contribution in [0.2, 0.25) is 0 Å². The molecule has 0 saturated heterocycles. The third-order valence-electron chi connectivity index (χ3n) is 2.19. The van der Waals surface area contributed by atoms with E-state index in [1.54, 1.807) is 6.92 Å². The summed E-state index contributed by atoms with van der Waals surface area (Å²) in [7, 11) is 0. The number of nitrogens with one attached hydrogen (secondary N) is 1. The molecule has 0 spiro atoms. The lowest BCUT2D eigenvalue weighted by Crippen LogP contribution is -2.02. The summed E-state index contributed by atoms with van der Waals surface area (Å²) >= 11 is 0. The Morgan fingerprint density at radius 2 is 1.92 bits per heavy atom. The number of nitrogen functional groups attached to an aromatic ring is 1. The van der Waals surface area contributed by atoms with Crippen LogP contribution in [0.5, 0.6) is 5.75 Å². The maximum Gasteiger partial charge on any atom is 0.168 e. The van der Waals surface area contributed by atoms with Crippen LogP contribution in [0.4, 0.5) is 10.1 Å². The minimum Gasteiger partial charge on any atom is -0.504 e. The minimum atomic E-state index is -0.704. The van der Waals surface area contributed by atoms with Crippen molar-refractivity contribution in [2.45, 2.75) is 13.8 Å². The molecule has 0 aromatic heterocycles. The lowest BCUT2D eigenvalue weighted by molar-refractivity contribution is 0.429.